The minimum absolute atomic E-state index is 0.119. The minimum Gasteiger partial charge on any atom is -0.373 e. The van der Waals surface area contributed by atoms with E-state index in [2.05, 4.69) is 0 Å². The summed E-state index contributed by atoms with van der Waals surface area (Å²) in [5, 5.41) is 9.37. The third kappa shape index (κ3) is 1.73. The van der Waals surface area contributed by atoms with Crippen molar-refractivity contribution >= 4 is 0 Å². The lowest BCUT2D eigenvalue weighted by Crippen LogP contribution is -2.63. The Morgan fingerprint density at radius 2 is 1.39 bits per heavy atom. The number of alkyl halides is 6. The van der Waals surface area contributed by atoms with Gasteiger partial charge < -0.3 is 5.11 Å². The molecule has 1 nitrogen and oxygen atoms in total. The van der Waals surface area contributed by atoms with Crippen molar-refractivity contribution in [2.24, 2.45) is 23.7 Å². The van der Waals surface area contributed by atoms with Crippen molar-refractivity contribution in [1.82, 2.24) is 0 Å². The molecule has 106 valence electrons. The molecule has 1 N–H and O–H groups in total. The second-order valence-corrected chi connectivity index (χ2v) is 5.58. The molecule has 18 heavy (non-hydrogen) atoms. The SMILES string of the molecule is CC1CC2CC1C(C(O)(C(F)(F)F)C(F)(F)F)C2. The van der Waals surface area contributed by atoms with E-state index in [0.29, 0.717) is 12.8 Å². The fourth-order valence-electron chi connectivity index (χ4n) is 3.76. The van der Waals surface area contributed by atoms with Gasteiger partial charge in [0, 0.05) is 5.92 Å². The van der Waals surface area contributed by atoms with Crippen LogP contribution in [0.1, 0.15) is 26.2 Å². The molecule has 0 aliphatic heterocycles. The lowest BCUT2D eigenvalue weighted by molar-refractivity contribution is -0.389. The second-order valence-electron chi connectivity index (χ2n) is 5.58. The van der Waals surface area contributed by atoms with Crippen molar-refractivity contribution in [3.8, 4) is 0 Å². The lowest BCUT2D eigenvalue weighted by Gasteiger charge is -2.42. The smallest absolute Gasteiger partial charge is 0.373 e. The van der Waals surface area contributed by atoms with Gasteiger partial charge in [-0.05, 0) is 37.0 Å². The van der Waals surface area contributed by atoms with Crippen LogP contribution in [-0.2, 0) is 0 Å². The van der Waals surface area contributed by atoms with Gasteiger partial charge in [0.2, 0.25) is 0 Å². The molecule has 2 aliphatic rings. The molecule has 0 amide bonds. The van der Waals surface area contributed by atoms with Crippen LogP contribution in [0.5, 0.6) is 0 Å². The van der Waals surface area contributed by atoms with Gasteiger partial charge in [0.05, 0.1) is 0 Å². The Hall–Kier alpha value is -0.460. The molecule has 2 rings (SSSR count). The van der Waals surface area contributed by atoms with Crippen LogP contribution in [0.2, 0.25) is 0 Å². The molecule has 0 heterocycles. The molecule has 0 spiro atoms. The van der Waals surface area contributed by atoms with Crippen molar-refractivity contribution in [2.75, 3.05) is 0 Å². The monoisotopic (exact) mass is 276 g/mol. The summed E-state index contributed by atoms with van der Waals surface area (Å²) in [6.45, 7) is 1.66. The summed E-state index contributed by atoms with van der Waals surface area (Å²) >= 11 is 0. The summed E-state index contributed by atoms with van der Waals surface area (Å²) in [6.07, 6.45) is -10.5. The van der Waals surface area contributed by atoms with Gasteiger partial charge in [0.1, 0.15) is 0 Å². The summed E-state index contributed by atoms with van der Waals surface area (Å²) in [7, 11) is 0. The van der Waals surface area contributed by atoms with Gasteiger partial charge in [-0.3, -0.25) is 0 Å². The van der Waals surface area contributed by atoms with Crippen LogP contribution in [0.4, 0.5) is 26.3 Å². The standard InChI is InChI=1S/C11H14F6O/c1-5-2-6-3-7(5)8(4-6)9(18,10(12,13)14)11(15,16)17/h5-8,18H,2-4H2,1H3. The zero-order chi connectivity index (χ0) is 13.9. The van der Waals surface area contributed by atoms with Gasteiger partial charge in [0.25, 0.3) is 5.60 Å². The van der Waals surface area contributed by atoms with E-state index >= 15 is 0 Å². The summed E-state index contributed by atoms with van der Waals surface area (Å²) in [4.78, 5) is 0. The molecule has 0 saturated heterocycles. The van der Waals surface area contributed by atoms with Crippen LogP contribution in [0, 0.1) is 23.7 Å². The molecule has 2 saturated carbocycles. The second kappa shape index (κ2) is 3.77. The normalized spacial score (nSPS) is 37.3. The maximum atomic E-state index is 12.7. The molecule has 0 radical (unpaired) electrons. The number of aliphatic hydroxyl groups is 1. The fourth-order valence-corrected chi connectivity index (χ4v) is 3.76. The maximum Gasteiger partial charge on any atom is 0.426 e. The van der Waals surface area contributed by atoms with Crippen LogP contribution in [-0.4, -0.2) is 23.1 Å². The van der Waals surface area contributed by atoms with Crippen molar-refractivity contribution < 1.29 is 31.4 Å². The summed E-state index contributed by atoms with van der Waals surface area (Å²) in [5.74, 6) is -2.76. The highest BCUT2D eigenvalue weighted by molar-refractivity contribution is 5.08. The topological polar surface area (TPSA) is 20.2 Å². The number of halogens is 6. The lowest BCUT2D eigenvalue weighted by atomic mass is 9.71. The van der Waals surface area contributed by atoms with Crippen LogP contribution < -0.4 is 0 Å². The first-order chi connectivity index (χ1) is 7.98. The zero-order valence-corrected chi connectivity index (χ0v) is 9.65. The number of fused-ring (bicyclic) bond motifs is 2. The van der Waals surface area contributed by atoms with Crippen molar-refractivity contribution in [1.29, 1.82) is 0 Å². The average Bonchev–Trinajstić information content (AvgIpc) is 2.70. The highest BCUT2D eigenvalue weighted by atomic mass is 19.4. The first-order valence-electron chi connectivity index (χ1n) is 5.84. The quantitative estimate of drug-likeness (QED) is 0.726. The molecule has 2 aliphatic carbocycles. The Balaban J connectivity index is 2.38. The van der Waals surface area contributed by atoms with Crippen molar-refractivity contribution in [2.45, 2.75) is 44.1 Å². The molecule has 2 fully saturated rings. The summed E-state index contributed by atoms with van der Waals surface area (Å²) in [5.41, 5.74) is -4.56. The van der Waals surface area contributed by atoms with E-state index in [9.17, 15) is 31.4 Å². The van der Waals surface area contributed by atoms with Crippen molar-refractivity contribution in [3.05, 3.63) is 0 Å². The van der Waals surface area contributed by atoms with Gasteiger partial charge in [0.15, 0.2) is 0 Å². The van der Waals surface area contributed by atoms with E-state index in [1.807, 2.05) is 0 Å². The third-order valence-corrected chi connectivity index (χ3v) is 4.55. The predicted octanol–water partition coefficient (Wildman–Crippen LogP) is 3.52. The van der Waals surface area contributed by atoms with Gasteiger partial charge in [-0.15, -0.1) is 0 Å². The largest absolute Gasteiger partial charge is 0.426 e. The molecule has 2 bridgehead atoms. The highest BCUT2D eigenvalue weighted by Gasteiger charge is 2.76. The molecule has 4 unspecified atom stereocenters. The van der Waals surface area contributed by atoms with E-state index < -0.39 is 29.8 Å². The molecule has 0 aromatic carbocycles. The molecule has 0 aromatic rings. The first-order valence-corrected chi connectivity index (χ1v) is 5.84. The predicted molar refractivity (Wildman–Crippen MR) is 50.5 cm³/mol. The Bertz CT molecular complexity index is 319. The Kier molecular flexibility index (Phi) is 2.93. The van der Waals surface area contributed by atoms with Gasteiger partial charge in [-0.1, -0.05) is 6.92 Å². The highest BCUT2D eigenvalue weighted by Crippen LogP contribution is 2.61. The molecular weight excluding hydrogens is 262 g/mol. The first kappa shape index (κ1) is 14.0. The maximum absolute atomic E-state index is 12.7. The van der Waals surface area contributed by atoms with Gasteiger partial charge >= 0.3 is 12.4 Å². The van der Waals surface area contributed by atoms with E-state index in [1.165, 1.54) is 0 Å². The van der Waals surface area contributed by atoms with Gasteiger partial charge in [-0.2, -0.15) is 26.3 Å². The van der Waals surface area contributed by atoms with Crippen LogP contribution in [0.3, 0.4) is 0 Å². The van der Waals surface area contributed by atoms with E-state index in [0.717, 1.165) is 0 Å². The zero-order valence-electron chi connectivity index (χ0n) is 9.65. The molecule has 7 heteroatoms. The van der Waals surface area contributed by atoms with E-state index in [-0.39, 0.29) is 18.3 Å². The third-order valence-electron chi connectivity index (χ3n) is 4.55. The number of rotatable bonds is 1. The summed E-state index contributed by atoms with van der Waals surface area (Å²) in [6, 6.07) is 0. The van der Waals surface area contributed by atoms with E-state index in [1.54, 1.807) is 6.92 Å². The van der Waals surface area contributed by atoms with Crippen LogP contribution in [0.25, 0.3) is 0 Å². The minimum atomic E-state index is -5.68. The average molecular weight is 276 g/mol. The fraction of sp³-hybridized carbons (Fsp3) is 1.00. The Morgan fingerprint density at radius 3 is 1.72 bits per heavy atom. The summed E-state index contributed by atoms with van der Waals surface area (Å²) < 4.78 is 76.4. The Morgan fingerprint density at radius 1 is 0.889 bits per heavy atom. The van der Waals surface area contributed by atoms with Crippen LogP contribution in [0.15, 0.2) is 0 Å². The Labute approximate surface area is 100 Å². The van der Waals surface area contributed by atoms with E-state index in [4.69, 9.17) is 0 Å². The van der Waals surface area contributed by atoms with Crippen LogP contribution >= 0.6 is 0 Å². The molecule has 4 atom stereocenters. The molecular formula is C11H14F6O. The number of hydrogen-bond acceptors (Lipinski definition) is 1. The number of hydrogen-bond donors (Lipinski definition) is 1. The van der Waals surface area contributed by atoms with Gasteiger partial charge in [-0.25, -0.2) is 0 Å². The van der Waals surface area contributed by atoms with Crippen molar-refractivity contribution in [3.63, 3.8) is 0 Å². The molecule has 0 aromatic heterocycles.